The number of benzene rings is 2. The first-order chi connectivity index (χ1) is 15.9. The van der Waals surface area contributed by atoms with Crippen LogP contribution < -0.4 is 14.8 Å². The fourth-order valence-electron chi connectivity index (χ4n) is 2.68. The highest BCUT2D eigenvalue weighted by Gasteiger charge is 2.14. The molecule has 33 heavy (non-hydrogen) atoms. The lowest BCUT2D eigenvalue weighted by atomic mass is 10.1. The lowest BCUT2D eigenvalue weighted by Crippen LogP contribution is -2.13. The van der Waals surface area contributed by atoms with E-state index in [2.05, 4.69) is 15.5 Å². The van der Waals surface area contributed by atoms with Crippen molar-refractivity contribution in [3.63, 3.8) is 0 Å². The predicted octanol–water partition coefficient (Wildman–Crippen LogP) is 5.63. The highest BCUT2D eigenvalue weighted by molar-refractivity contribution is 7.15. The molecule has 1 amide bonds. The van der Waals surface area contributed by atoms with E-state index in [0.717, 1.165) is 16.3 Å². The first-order valence-electron chi connectivity index (χ1n) is 10.2. The summed E-state index contributed by atoms with van der Waals surface area (Å²) in [5.41, 5.74) is 1.62. The van der Waals surface area contributed by atoms with Crippen LogP contribution >= 0.6 is 22.9 Å². The van der Waals surface area contributed by atoms with Crippen molar-refractivity contribution in [3.8, 4) is 17.6 Å². The number of hydrogen-bond donors (Lipinski definition) is 1. The van der Waals surface area contributed by atoms with Crippen LogP contribution in [0.25, 0.3) is 6.08 Å². The first-order valence-corrected chi connectivity index (χ1v) is 11.4. The molecule has 2 aromatic carbocycles. The number of amides is 1. The average Bonchev–Trinajstić information content (AvgIpc) is 3.27. The van der Waals surface area contributed by atoms with Crippen LogP contribution in [-0.4, -0.2) is 29.3 Å². The van der Waals surface area contributed by atoms with Crippen molar-refractivity contribution in [2.24, 2.45) is 0 Å². The molecule has 1 aromatic heterocycles. The van der Waals surface area contributed by atoms with Crippen molar-refractivity contribution < 1.29 is 14.3 Å². The Morgan fingerprint density at radius 3 is 2.42 bits per heavy atom. The van der Waals surface area contributed by atoms with Gasteiger partial charge in [-0.3, -0.25) is 10.1 Å². The van der Waals surface area contributed by atoms with Crippen LogP contribution in [0.2, 0.25) is 5.02 Å². The van der Waals surface area contributed by atoms with E-state index in [1.807, 2.05) is 39.0 Å². The molecular formula is C24H23ClN4O3S. The molecule has 0 atom stereocenters. The summed E-state index contributed by atoms with van der Waals surface area (Å²) < 4.78 is 11.3. The molecule has 3 aromatic rings. The van der Waals surface area contributed by atoms with Crippen LogP contribution in [0.3, 0.4) is 0 Å². The third-order valence-corrected chi connectivity index (χ3v) is 6.02. The highest BCUT2D eigenvalue weighted by atomic mass is 35.5. The van der Waals surface area contributed by atoms with Gasteiger partial charge in [0.1, 0.15) is 41.4 Å². The standard InChI is InChI=1S/C24H23ClN4O3S/c1-15(2)23-28-29-24(33-23)27-22(30)18(14-26)13-17-4-6-19(7-5-17)31-10-11-32-20-8-9-21(25)16(3)12-20/h4-9,12-13,15H,10-11H2,1-3H3,(H,27,29,30). The second-order valence-electron chi connectivity index (χ2n) is 7.40. The minimum Gasteiger partial charge on any atom is -0.490 e. The number of nitriles is 1. The molecule has 0 aliphatic heterocycles. The van der Waals surface area contributed by atoms with E-state index in [-0.39, 0.29) is 11.5 Å². The van der Waals surface area contributed by atoms with E-state index in [9.17, 15) is 10.1 Å². The Morgan fingerprint density at radius 1 is 1.15 bits per heavy atom. The van der Waals surface area contributed by atoms with Crippen LogP contribution in [0.1, 0.15) is 35.9 Å². The fourth-order valence-corrected chi connectivity index (χ4v) is 3.54. The summed E-state index contributed by atoms with van der Waals surface area (Å²) >= 11 is 7.30. The van der Waals surface area contributed by atoms with Gasteiger partial charge in [0, 0.05) is 10.9 Å². The van der Waals surface area contributed by atoms with E-state index in [1.54, 1.807) is 30.3 Å². The van der Waals surface area contributed by atoms with Crippen molar-refractivity contribution in [3.05, 3.63) is 69.2 Å². The number of ether oxygens (including phenoxy) is 2. The molecule has 0 spiro atoms. The van der Waals surface area contributed by atoms with Crippen LogP contribution in [0.5, 0.6) is 11.5 Å². The summed E-state index contributed by atoms with van der Waals surface area (Å²) in [6, 6.07) is 14.5. The van der Waals surface area contributed by atoms with E-state index in [0.29, 0.717) is 34.7 Å². The average molecular weight is 483 g/mol. The normalized spacial score (nSPS) is 11.2. The minimum absolute atomic E-state index is 0.0309. The minimum atomic E-state index is -0.529. The zero-order valence-electron chi connectivity index (χ0n) is 18.5. The Labute approximate surface area is 201 Å². The maximum absolute atomic E-state index is 12.4. The van der Waals surface area contributed by atoms with Crippen molar-refractivity contribution in [1.82, 2.24) is 10.2 Å². The molecule has 0 saturated heterocycles. The van der Waals surface area contributed by atoms with Gasteiger partial charge in [-0.05, 0) is 54.5 Å². The summed E-state index contributed by atoms with van der Waals surface area (Å²) in [6.07, 6.45) is 1.51. The maximum Gasteiger partial charge on any atom is 0.268 e. The second-order valence-corrected chi connectivity index (χ2v) is 8.82. The van der Waals surface area contributed by atoms with Gasteiger partial charge in [0.25, 0.3) is 5.91 Å². The quantitative estimate of drug-likeness (QED) is 0.241. The smallest absolute Gasteiger partial charge is 0.268 e. The number of halogens is 1. The number of nitrogens with one attached hydrogen (secondary N) is 1. The molecule has 0 radical (unpaired) electrons. The van der Waals surface area contributed by atoms with Gasteiger partial charge >= 0.3 is 0 Å². The molecular weight excluding hydrogens is 460 g/mol. The van der Waals surface area contributed by atoms with E-state index in [4.69, 9.17) is 21.1 Å². The van der Waals surface area contributed by atoms with Gasteiger partial charge in [0.15, 0.2) is 0 Å². The van der Waals surface area contributed by atoms with E-state index >= 15 is 0 Å². The number of hydrogen-bond acceptors (Lipinski definition) is 7. The van der Waals surface area contributed by atoms with E-state index in [1.165, 1.54) is 17.4 Å². The van der Waals surface area contributed by atoms with Gasteiger partial charge in [0.05, 0.1) is 0 Å². The zero-order chi connectivity index (χ0) is 23.8. The van der Waals surface area contributed by atoms with Crippen molar-refractivity contribution in [2.75, 3.05) is 18.5 Å². The van der Waals surface area contributed by atoms with Gasteiger partial charge in [0.2, 0.25) is 5.13 Å². The summed E-state index contributed by atoms with van der Waals surface area (Å²) in [6.45, 7) is 6.65. The van der Waals surface area contributed by atoms with Crippen LogP contribution in [0.15, 0.2) is 48.0 Å². The Kier molecular flexibility index (Phi) is 8.41. The molecule has 7 nitrogen and oxygen atoms in total. The van der Waals surface area contributed by atoms with Crippen molar-refractivity contribution in [2.45, 2.75) is 26.7 Å². The lowest BCUT2D eigenvalue weighted by Gasteiger charge is -2.09. The van der Waals surface area contributed by atoms with Crippen molar-refractivity contribution in [1.29, 1.82) is 5.26 Å². The monoisotopic (exact) mass is 482 g/mol. The van der Waals surface area contributed by atoms with E-state index < -0.39 is 5.91 Å². The molecule has 0 saturated carbocycles. The van der Waals surface area contributed by atoms with Crippen LogP contribution in [-0.2, 0) is 4.79 Å². The molecule has 170 valence electrons. The van der Waals surface area contributed by atoms with Gasteiger partial charge in [-0.25, -0.2) is 0 Å². The first kappa shape index (κ1) is 24.2. The topological polar surface area (TPSA) is 97.1 Å². The fraction of sp³-hybridized carbons (Fsp3) is 0.250. The molecule has 0 aliphatic carbocycles. The summed E-state index contributed by atoms with van der Waals surface area (Å²) in [5.74, 6) is 1.07. The summed E-state index contributed by atoms with van der Waals surface area (Å²) in [4.78, 5) is 12.4. The van der Waals surface area contributed by atoms with Gasteiger partial charge in [-0.15, -0.1) is 10.2 Å². The van der Waals surface area contributed by atoms with Gasteiger partial charge < -0.3 is 9.47 Å². The largest absolute Gasteiger partial charge is 0.490 e. The SMILES string of the molecule is Cc1cc(OCCOc2ccc(C=C(C#N)C(=O)Nc3nnc(C(C)C)s3)cc2)ccc1Cl. The summed E-state index contributed by atoms with van der Waals surface area (Å²) in [5, 5.41) is 21.9. The number of carbonyl (C=O) groups excluding carboxylic acids is 1. The number of nitrogens with zero attached hydrogens (tertiary/aromatic N) is 3. The second kappa shape index (κ2) is 11.5. The number of anilines is 1. The lowest BCUT2D eigenvalue weighted by molar-refractivity contribution is -0.112. The van der Waals surface area contributed by atoms with Gasteiger partial charge in [-0.1, -0.05) is 48.9 Å². The maximum atomic E-state index is 12.4. The summed E-state index contributed by atoms with van der Waals surface area (Å²) in [7, 11) is 0. The Bertz CT molecular complexity index is 1180. The van der Waals surface area contributed by atoms with Crippen molar-refractivity contribution >= 4 is 40.1 Å². The third-order valence-electron chi connectivity index (χ3n) is 4.46. The van der Waals surface area contributed by atoms with Crippen LogP contribution in [0, 0.1) is 18.3 Å². The number of aryl methyl sites for hydroxylation is 1. The highest BCUT2D eigenvalue weighted by Crippen LogP contribution is 2.23. The molecule has 1 N–H and O–H groups in total. The number of aromatic nitrogens is 2. The molecule has 0 fully saturated rings. The molecule has 1 heterocycles. The Morgan fingerprint density at radius 2 is 1.82 bits per heavy atom. The molecule has 3 rings (SSSR count). The Balaban J connectivity index is 1.52. The third kappa shape index (κ3) is 7.04. The number of carbonyl (C=O) groups is 1. The molecule has 0 bridgehead atoms. The zero-order valence-corrected chi connectivity index (χ0v) is 20.0. The molecule has 9 heteroatoms. The number of rotatable bonds is 9. The predicted molar refractivity (Wildman–Crippen MR) is 130 cm³/mol. The molecule has 0 unspecified atom stereocenters. The van der Waals surface area contributed by atoms with Crippen LogP contribution in [0.4, 0.5) is 5.13 Å². The Hall–Kier alpha value is -3.41. The molecule has 0 aliphatic rings. The van der Waals surface area contributed by atoms with Gasteiger partial charge in [-0.2, -0.15) is 5.26 Å².